The third-order valence-electron chi connectivity index (χ3n) is 2.81. The molecule has 4 heteroatoms. The molecule has 1 atom stereocenters. The standard InChI is InChI=1S/C16H21NO3/c1-11(2)9-14(16(19)20)17-12(3)10-15(18)13-7-5-4-6-8-13/h4-8,10-11,14,17H,9H2,1-3H3,(H,19,20)/b12-10+/t14-/m0/s1. The molecule has 1 aromatic rings. The molecule has 2 N–H and O–H groups in total. The number of rotatable bonds is 7. The van der Waals surface area contributed by atoms with Gasteiger partial charge in [-0.25, -0.2) is 4.79 Å². The Morgan fingerprint density at radius 1 is 1.25 bits per heavy atom. The molecule has 0 radical (unpaired) electrons. The van der Waals surface area contributed by atoms with Gasteiger partial charge >= 0.3 is 5.97 Å². The summed E-state index contributed by atoms with van der Waals surface area (Å²) in [5.74, 6) is -0.774. The summed E-state index contributed by atoms with van der Waals surface area (Å²) in [5, 5.41) is 12.0. The third-order valence-corrected chi connectivity index (χ3v) is 2.81. The lowest BCUT2D eigenvalue weighted by Gasteiger charge is -2.17. The van der Waals surface area contributed by atoms with Crippen LogP contribution in [0.4, 0.5) is 0 Å². The molecule has 1 rings (SSSR count). The summed E-state index contributed by atoms with van der Waals surface area (Å²) in [7, 11) is 0. The molecule has 4 nitrogen and oxygen atoms in total. The van der Waals surface area contributed by atoms with E-state index < -0.39 is 12.0 Å². The van der Waals surface area contributed by atoms with Crippen LogP contribution in [-0.4, -0.2) is 22.9 Å². The first kappa shape index (κ1) is 16.0. The molecule has 0 aromatic heterocycles. The Morgan fingerprint density at radius 3 is 2.35 bits per heavy atom. The van der Waals surface area contributed by atoms with Crippen LogP contribution in [0, 0.1) is 5.92 Å². The summed E-state index contributed by atoms with van der Waals surface area (Å²) in [4.78, 5) is 23.1. The van der Waals surface area contributed by atoms with Gasteiger partial charge in [-0.05, 0) is 19.3 Å². The van der Waals surface area contributed by atoms with Gasteiger partial charge in [0, 0.05) is 17.3 Å². The van der Waals surface area contributed by atoms with Crippen LogP contribution in [-0.2, 0) is 4.79 Å². The van der Waals surface area contributed by atoms with E-state index in [0.717, 1.165) is 0 Å². The van der Waals surface area contributed by atoms with E-state index >= 15 is 0 Å². The topological polar surface area (TPSA) is 66.4 Å². The number of carbonyl (C=O) groups is 2. The first-order valence-corrected chi connectivity index (χ1v) is 6.67. The SMILES string of the molecule is C/C(=C\C(=O)c1ccccc1)N[C@@H](CC(C)C)C(=O)O. The molecule has 0 fully saturated rings. The number of aliphatic carboxylic acids is 1. The van der Waals surface area contributed by atoms with Crippen LogP contribution in [0.25, 0.3) is 0 Å². The second-order valence-electron chi connectivity index (χ2n) is 5.22. The first-order valence-electron chi connectivity index (χ1n) is 6.67. The number of hydrogen-bond donors (Lipinski definition) is 2. The van der Waals surface area contributed by atoms with Crippen molar-refractivity contribution in [3.05, 3.63) is 47.7 Å². The molecule has 0 aliphatic rings. The van der Waals surface area contributed by atoms with Gasteiger partial charge in [-0.15, -0.1) is 0 Å². The van der Waals surface area contributed by atoms with E-state index in [1.807, 2.05) is 19.9 Å². The summed E-state index contributed by atoms with van der Waals surface area (Å²) in [6.07, 6.45) is 1.95. The van der Waals surface area contributed by atoms with Crippen LogP contribution in [0.3, 0.4) is 0 Å². The minimum atomic E-state index is -0.904. The highest BCUT2D eigenvalue weighted by Crippen LogP contribution is 2.08. The number of nitrogens with one attached hydrogen (secondary N) is 1. The number of allylic oxidation sites excluding steroid dienone is 2. The van der Waals surface area contributed by atoms with Crippen LogP contribution in [0.15, 0.2) is 42.1 Å². The molecule has 0 spiro atoms. The fourth-order valence-corrected chi connectivity index (χ4v) is 1.89. The largest absolute Gasteiger partial charge is 0.480 e. The van der Waals surface area contributed by atoms with Gasteiger partial charge < -0.3 is 10.4 Å². The van der Waals surface area contributed by atoms with Gasteiger partial charge in [0.15, 0.2) is 5.78 Å². The fourth-order valence-electron chi connectivity index (χ4n) is 1.89. The van der Waals surface area contributed by atoms with Crippen molar-refractivity contribution in [3.63, 3.8) is 0 Å². The van der Waals surface area contributed by atoms with Gasteiger partial charge in [0.2, 0.25) is 0 Å². The molecule has 0 heterocycles. The number of hydrogen-bond acceptors (Lipinski definition) is 3. The summed E-state index contributed by atoms with van der Waals surface area (Å²) >= 11 is 0. The van der Waals surface area contributed by atoms with E-state index in [9.17, 15) is 9.59 Å². The second-order valence-corrected chi connectivity index (χ2v) is 5.22. The summed E-state index contributed by atoms with van der Waals surface area (Å²) in [5.41, 5.74) is 1.15. The number of benzene rings is 1. The predicted octanol–water partition coefficient (Wildman–Crippen LogP) is 2.86. The van der Waals surface area contributed by atoms with E-state index in [1.165, 1.54) is 6.08 Å². The van der Waals surface area contributed by atoms with E-state index in [1.54, 1.807) is 31.2 Å². The Balaban J connectivity index is 2.73. The Bertz CT molecular complexity index is 492. The van der Waals surface area contributed by atoms with Crippen molar-refractivity contribution < 1.29 is 14.7 Å². The van der Waals surface area contributed by atoms with Gasteiger partial charge in [0.05, 0.1) is 0 Å². The molecule has 0 saturated heterocycles. The predicted molar refractivity (Wildman–Crippen MR) is 78.5 cm³/mol. The zero-order valence-corrected chi connectivity index (χ0v) is 12.1. The van der Waals surface area contributed by atoms with Gasteiger partial charge in [-0.1, -0.05) is 44.2 Å². The highest BCUT2D eigenvalue weighted by molar-refractivity contribution is 6.04. The zero-order chi connectivity index (χ0) is 15.1. The molecule has 1 aromatic carbocycles. The van der Waals surface area contributed by atoms with Crippen molar-refractivity contribution in [3.8, 4) is 0 Å². The van der Waals surface area contributed by atoms with Gasteiger partial charge in [0.1, 0.15) is 6.04 Å². The maximum absolute atomic E-state index is 12.0. The molecule has 20 heavy (non-hydrogen) atoms. The van der Waals surface area contributed by atoms with Crippen molar-refractivity contribution in [2.45, 2.75) is 33.2 Å². The Labute approximate surface area is 119 Å². The highest BCUT2D eigenvalue weighted by Gasteiger charge is 2.18. The number of ketones is 1. The summed E-state index contributed by atoms with van der Waals surface area (Å²) in [6.45, 7) is 5.63. The first-order chi connectivity index (χ1) is 9.40. The quantitative estimate of drug-likeness (QED) is 0.593. The van der Waals surface area contributed by atoms with Crippen molar-refractivity contribution in [1.29, 1.82) is 0 Å². The maximum Gasteiger partial charge on any atom is 0.326 e. The molecule has 0 saturated carbocycles. The molecule has 0 aliphatic carbocycles. The molecule has 0 aliphatic heterocycles. The van der Waals surface area contributed by atoms with Crippen molar-refractivity contribution >= 4 is 11.8 Å². The smallest absolute Gasteiger partial charge is 0.326 e. The van der Waals surface area contributed by atoms with Crippen LogP contribution in [0.1, 0.15) is 37.6 Å². The average molecular weight is 275 g/mol. The highest BCUT2D eigenvalue weighted by atomic mass is 16.4. The van der Waals surface area contributed by atoms with Crippen LogP contribution < -0.4 is 5.32 Å². The number of carboxylic acid groups (broad SMARTS) is 1. The Morgan fingerprint density at radius 2 is 1.85 bits per heavy atom. The third kappa shape index (κ3) is 5.26. The fraction of sp³-hybridized carbons (Fsp3) is 0.375. The van der Waals surface area contributed by atoms with Crippen LogP contribution in [0.2, 0.25) is 0 Å². The van der Waals surface area contributed by atoms with Gasteiger partial charge in [-0.2, -0.15) is 0 Å². The van der Waals surface area contributed by atoms with E-state index in [0.29, 0.717) is 17.7 Å². The maximum atomic E-state index is 12.0. The zero-order valence-electron chi connectivity index (χ0n) is 12.1. The number of carbonyl (C=O) groups excluding carboxylic acids is 1. The minimum absolute atomic E-state index is 0.135. The van der Waals surface area contributed by atoms with Crippen LogP contribution >= 0.6 is 0 Å². The van der Waals surface area contributed by atoms with Crippen molar-refractivity contribution in [1.82, 2.24) is 5.32 Å². The second kappa shape index (κ2) is 7.48. The average Bonchev–Trinajstić information content (AvgIpc) is 2.38. The lowest BCUT2D eigenvalue weighted by molar-refractivity contribution is -0.139. The molecule has 108 valence electrons. The molecule has 0 unspecified atom stereocenters. The minimum Gasteiger partial charge on any atom is -0.480 e. The monoisotopic (exact) mass is 275 g/mol. The lowest BCUT2D eigenvalue weighted by Crippen LogP contribution is -2.36. The lowest BCUT2D eigenvalue weighted by atomic mass is 10.0. The summed E-state index contributed by atoms with van der Waals surface area (Å²) < 4.78 is 0. The molecule has 0 amide bonds. The van der Waals surface area contributed by atoms with Gasteiger partial charge in [-0.3, -0.25) is 4.79 Å². The molecular weight excluding hydrogens is 254 g/mol. The summed E-state index contributed by atoms with van der Waals surface area (Å²) in [6, 6.07) is 8.22. The van der Waals surface area contributed by atoms with Crippen LogP contribution in [0.5, 0.6) is 0 Å². The molecule has 0 bridgehead atoms. The Hall–Kier alpha value is -2.10. The normalized spacial score (nSPS) is 13.1. The van der Waals surface area contributed by atoms with Gasteiger partial charge in [0.25, 0.3) is 0 Å². The van der Waals surface area contributed by atoms with Crippen molar-refractivity contribution in [2.75, 3.05) is 0 Å². The van der Waals surface area contributed by atoms with E-state index in [2.05, 4.69) is 5.32 Å². The Kier molecular flexibility index (Phi) is 5.97. The molecular formula is C16H21NO3. The van der Waals surface area contributed by atoms with E-state index in [4.69, 9.17) is 5.11 Å². The van der Waals surface area contributed by atoms with E-state index in [-0.39, 0.29) is 11.7 Å². The van der Waals surface area contributed by atoms with Crippen molar-refractivity contribution in [2.24, 2.45) is 5.92 Å². The number of carboxylic acids is 1.